The van der Waals surface area contributed by atoms with Gasteiger partial charge in [-0.05, 0) is 54.3 Å². The summed E-state index contributed by atoms with van der Waals surface area (Å²) in [4.78, 5) is 13.1. The lowest BCUT2D eigenvalue weighted by Gasteiger charge is -2.20. The smallest absolute Gasteiger partial charge is 0.246 e. The lowest BCUT2D eigenvalue weighted by Crippen LogP contribution is -2.51. The molecule has 0 aromatic heterocycles. The second-order valence-corrected chi connectivity index (χ2v) is 8.38. The number of anilines is 1. The van der Waals surface area contributed by atoms with E-state index in [9.17, 15) is 4.79 Å². The number of aryl methyl sites for hydroxylation is 1. The van der Waals surface area contributed by atoms with Crippen molar-refractivity contribution in [2.45, 2.75) is 23.8 Å². The normalized spacial score (nSPS) is 12.9. The first-order valence-electron chi connectivity index (χ1n) is 9.56. The second kappa shape index (κ2) is 9.74. The molecule has 0 saturated carbocycles. The van der Waals surface area contributed by atoms with Gasteiger partial charge in [-0.2, -0.15) is 0 Å². The lowest BCUT2D eigenvalue weighted by atomic mass is 10.0. The predicted molar refractivity (Wildman–Crippen MR) is 121 cm³/mol. The molecule has 0 radical (unpaired) electrons. The van der Waals surface area contributed by atoms with Crippen LogP contribution in [0.1, 0.15) is 12.5 Å². The third kappa shape index (κ3) is 5.94. The van der Waals surface area contributed by atoms with E-state index in [1.165, 1.54) is 23.6 Å². The van der Waals surface area contributed by atoms with Crippen LogP contribution in [-0.4, -0.2) is 28.9 Å². The highest BCUT2D eigenvalue weighted by Gasteiger charge is 2.27. The van der Waals surface area contributed by atoms with Gasteiger partial charge >= 0.3 is 0 Å². The monoisotopic (exact) mass is 406 g/mol. The third-order valence-corrected chi connectivity index (χ3v) is 5.69. The molecular weight excluding hydrogens is 380 g/mol. The molecule has 0 aliphatic carbocycles. The lowest BCUT2D eigenvalue weighted by molar-refractivity contribution is -0.121. The zero-order valence-corrected chi connectivity index (χ0v) is 17.3. The van der Waals surface area contributed by atoms with Crippen LogP contribution in [0.4, 0.5) is 5.69 Å². The number of nitrogens with two attached hydrogens (primary N) is 1. The molecular formula is C24H26N2O2S. The summed E-state index contributed by atoms with van der Waals surface area (Å²) in [6, 6.07) is 26.7. The van der Waals surface area contributed by atoms with Crippen LogP contribution < -0.4 is 11.1 Å². The quantitative estimate of drug-likeness (QED) is 0.487. The Morgan fingerprint density at radius 1 is 0.966 bits per heavy atom. The van der Waals surface area contributed by atoms with E-state index in [-0.39, 0.29) is 0 Å². The largest absolute Gasteiger partial charge is 0.394 e. The molecule has 29 heavy (non-hydrogen) atoms. The zero-order valence-electron chi connectivity index (χ0n) is 16.5. The molecule has 3 aromatic carbocycles. The van der Waals surface area contributed by atoms with E-state index in [1.54, 1.807) is 11.8 Å². The molecule has 0 spiro atoms. The van der Waals surface area contributed by atoms with Gasteiger partial charge in [-0.15, -0.1) is 11.8 Å². The molecule has 0 aliphatic heterocycles. The molecule has 0 fully saturated rings. The molecule has 4 N–H and O–H groups in total. The summed E-state index contributed by atoms with van der Waals surface area (Å²) in [5.41, 5.74) is 8.89. The highest BCUT2D eigenvalue weighted by Crippen LogP contribution is 2.23. The molecule has 0 heterocycles. The summed E-state index contributed by atoms with van der Waals surface area (Å²) >= 11 is 1.78. The Hall–Kier alpha value is -2.60. The highest BCUT2D eigenvalue weighted by molar-refractivity contribution is 7.99. The van der Waals surface area contributed by atoms with Crippen LogP contribution in [-0.2, 0) is 11.2 Å². The summed E-state index contributed by atoms with van der Waals surface area (Å²) in [7, 11) is 0. The van der Waals surface area contributed by atoms with Crippen molar-refractivity contribution in [2.24, 2.45) is 5.73 Å². The number of nitrogens with one attached hydrogen (secondary N) is 1. The standard InChI is InChI=1S/C24H26N2O2S/c1-24(25,17-27)23(28)26-21-11-13-22(14-12-21)29-16-15-18-7-9-20(10-8-18)19-5-3-2-4-6-19/h2-14,27H,15-17,25H2,1H3,(H,26,28). The molecule has 1 unspecified atom stereocenters. The van der Waals surface area contributed by atoms with Crippen LogP contribution >= 0.6 is 11.8 Å². The average molecular weight is 407 g/mol. The van der Waals surface area contributed by atoms with Crippen molar-refractivity contribution in [1.82, 2.24) is 0 Å². The number of carbonyl (C=O) groups is 1. The summed E-state index contributed by atoms with van der Waals surface area (Å²) < 4.78 is 0. The van der Waals surface area contributed by atoms with Crippen LogP contribution in [0.25, 0.3) is 11.1 Å². The van der Waals surface area contributed by atoms with Gasteiger partial charge in [-0.3, -0.25) is 4.79 Å². The average Bonchev–Trinajstić information content (AvgIpc) is 2.76. The fraction of sp³-hybridized carbons (Fsp3) is 0.208. The van der Waals surface area contributed by atoms with Gasteiger partial charge in [0.1, 0.15) is 5.54 Å². The number of amides is 1. The van der Waals surface area contributed by atoms with Crippen molar-refractivity contribution in [1.29, 1.82) is 0 Å². The Morgan fingerprint density at radius 3 is 2.21 bits per heavy atom. The fourth-order valence-electron chi connectivity index (χ4n) is 2.76. The Balaban J connectivity index is 1.49. The minimum atomic E-state index is -1.29. The van der Waals surface area contributed by atoms with Crippen LogP contribution in [0.5, 0.6) is 0 Å². The fourth-order valence-corrected chi connectivity index (χ4v) is 3.66. The summed E-state index contributed by atoms with van der Waals surface area (Å²) in [6.07, 6.45) is 0.986. The van der Waals surface area contributed by atoms with Gasteiger partial charge in [0.15, 0.2) is 0 Å². The molecule has 0 saturated heterocycles. The van der Waals surface area contributed by atoms with E-state index in [2.05, 4.69) is 53.8 Å². The van der Waals surface area contributed by atoms with E-state index in [1.807, 2.05) is 30.3 Å². The van der Waals surface area contributed by atoms with E-state index in [4.69, 9.17) is 10.8 Å². The molecule has 3 aromatic rings. The molecule has 1 atom stereocenters. The van der Waals surface area contributed by atoms with Gasteiger partial charge in [0.2, 0.25) is 5.91 Å². The van der Waals surface area contributed by atoms with E-state index in [0.717, 1.165) is 17.1 Å². The van der Waals surface area contributed by atoms with Crippen molar-refractivity contribution in [2.75, 3.05) is 17.7 Å². The molecule has 150 valence electrons. The van der Waals surface area contributed by atoms with Crippen LogP contribution in [0.2, 0.25) is 0 Å². The van der Waals surface area contributed by atoms with Gasteiger partial charge in [0.05, 0.1) is 6.61 Å². The number of carbonyl (C=O) groups excluding carboxylic acids is 1. The Bertz CT molecular complexity index is 923. The molecule has 1 amide bonds. The van der Waals surface area contributed by atoms with Crippen LogP contribution in [0.3, 0.4) is 0 Å². The first-order valence-corrected chi connectivity index (χ1v) is 10.5. The van der Waals surface area contributed by atoms with E-state index >= 15 is 0 Å². The molecule has 3 rings (SSSR count). The number of hydrogen-bond acceptors (Lipinski definition) is 4. The number of thioether (sulfide) groups is 1. The second-order valence-electron chi connectivity index (χ2n) is 7.22. The van der Waals surface area contributed by atoms with Crippen LogP contribution in [0.15, 0.2) is 83.8 Å². The minimum absolute atomic E-state index is 0.403. The summed E-state index contributed by atoms with van der Waals surface area (Å²) in [5, 5.41) is 11.9. The number of benzene rings is 3. The zero-order chi connectivity index (χ0) is 20.7. The molecule has 0 bridgehead atoms. The number of aliphatic hydroxyl groups excluding tert-OH is 1. The van der Waals surface area contributed by atoms with Gasteiger partial charge < -0.3 is 16.2 Å². The van der Waals surface area contributed by atoms with Gasteiger partial charge in [0, 0.05) is 16.3 Å². The number of aliphatic hydroxyl groups is 1. The maximum Gasteiger partial charge on any atom is 0.246 e. The third-order valence-electron chi connectivity index (χ3n) is 4.68. The molecule has 5 heteroatoms. The first-order chi connectivity index (χ1) is 14.0. The van der Waals surface area contributed by atoms with Crippen molar-refractivity contribution in [3.8, 4) is 11.1 Å². The molecule has 4 nitrogen and oxygen atoms in total. The number of rotatable bonds is 8. The SMILES string of the molecule is CC(N)(CO)C(=O)Nc1ccc(SCCc2ccc(-c3ccccc3)cc2)cc1. The van der Waals surface area contributed by atoms with Crippen molar-refractivity contribution >= 4 is 23.4 Å². The maximum atomic E-state index is 12.0. The van der Waals surface area contributed by atoms with Gasteiger partial charge in [-0.25, -0.2) is 0 Å². The Morgan fingerprint density at radius 2 is 1.59 bits per heavy atom. The van der Waals surface area contributed by atoms with Crippen molar-refractivity contribution in [3.05, 3.63) is 84.4 Å². The van der Waals surface area contributed by atoms with Crippen molar-refractivity contribution in [3.63, 3.8) is 0 Å². The summed E-state index contributed by atoms with van der Waals surface area (Å²) in [5.74, 6) is 0.571. The highest BCUT2D eigenvalue weighted by atomic mass is 32.2. The number of hydrogen-bond donors (Lipinski definition) is 3. The van der Waals surface area contributed by atoms with E-state index < -0.39 is 18.1 Å². The Kier molecular flexibility index (Phi) is 7.09. The van der Waals surface area contributed by atoms with Gasteiger partial charge in [0.25, 0.3) is 0 Å². The van der Waals surface area contributed by atoms with Gasteiger partial charge in [-0.1, -0.05) is 54.6 Å². The topological polar surface area (TPSA) is 75.3 Å². The maximum absolute atomic E-state index is 12.0. The summed E-state index contributed by atoms with van der Waals surface area (Å²) in [6.45, 7) is 1.10. The van der Waals surface area contributed by atoms with E-state index in [0.29, 0.717) is 5.69 Å². The first kappa shape index (κ1) is 21.1. The molecule has 0 aliphatic rings. The Labute approximate surface area is 176 Å². The van der Waals surface area contributed by atoms with Crippen LogP contribution in [0, 0.1) is 0 Å². The van der Waals surface area contributed by atoms with Crippen molar-refractivity contribution < 1.29 is 9.90 Å². The minimum Gasteiger partial charge on any atom is -0.394 e. The predicted octanol–water partition coefficient (Wildman–Crippen LogP) is 4.34.